The van der Waals surface area contributed by atoms with Crippen LogP contribution in [0.4, 0.5) is 0 Å². The maximum Gasteiger partial charge on any atom is 0.331 e. The summed E-state index contributed by atoms with van der Waals surface area (Å²) in [7, 11) is 3.12. The third-order valence-electron chi connectivity index (χ3n) is 3.94. The van der Waals surface area contributed by atoms with E-state index >= 15 is 0 Å². The van der Waals surface area contributed by atoms with E-state index in [0.29, 0.717) is 23.0 Å². The van der Waals surface area contributed by atoms with Gasteiger partial charge in [-0.2, -0.15) is 0 Å². The van der Waals surface area contributed by atoms with Crippen molar-refractivity contribution >= 4 is 12.0 Å². The van der Waals surface area contributed by atoms with E-state index in [0.717, 1.165) is 5.56 Å². The predicted octanol–water partition coefficient (Wildman–Crippen LogP) is 4.07. The summed E-state index contributed by atoms with van der Waals surface area (Å²) in [6.45, 7) is 1.67. The van der Waals surface area contributed by atoms with Gasteiger partial charge in [0.1, 0.15) is 11.5 Å². The number of carbonyl (C=O) groups excluding carboxylic acids is 1. The molecule has 0 spiro atoms. The second-order valence-electron chi connectivity index (χ2n) is 5.83. The monoisotopic (exact) mass is 380 g/mol. The number of benzene rings is 2. The Kier molecular flexibility index (Phi) is 6.06. The molecule has 144 valence electrons. The summed E-state index contributed by atoms with van der Waals surface area (Å²) in [4.78, 5) is 12.2. The number of carbonyl (C=O) groups is 1. The van der Waals surface area contributed by atoms with Crippen molar-refractivity contribution in [3.63, 3.8) is 0 Å². The fourth-order valence-electron chi connectivity index (χ4n) is 2.49. The second kappa shape index (κ2) is 8.85. The van der Waals surface area contributed by atoms with Gasteiger partial charge in [0.15, 0.2) is 6.10 Å². The first-order chi connectivity index (χ1) is 13.6. The molecule has 7 heteroatoms. The molecule has 3 rings (SSSR count). The number of methoxy groups -OCH3 is 2. The number of ether oxygens (including phenoxy) is 3. The van der Waals surface area contributed by atoms with Crippen molar-refractivity contribution in [1.29, 1.82) is 0 Å². The van der Waals surface area contributed by atoms with Gasteiger partial charge in [-0.3, -0.25) is 0 Å². The molecule has 0 aliphatic heterocycles. The molecule has 3 aromatic rings. The summed E-state index contributed by atoms with van der Waals surface area (Å²) in [6.07, 6.45) is 2.22. The zero-order valence-electron chi connectivity index (χ0n) is 15.8. The Balaban J connectivity index is 1.67. The van der Waals surface area contributed by atoms with Gasteiger partial charge in [-0.15, -0.1) is 10.2 Å². The zero-order valence-corrected chi connectivity index (χ0v) is 15.8. The summed E-state index contributed by atoms with van der Waals surface area (Å²) in [5, 5.41) is 7.95. The first-order valence-corrected chi connectivity index (χ1v) is 8.60. The normalized spacial score (nSPS) is 12.0. The Morgan fingerprint density at radius 2 is 1.86 bits per heavy atom. The molecule has 0 bridgehead atoms. The van der Waals surface area contributed by atoms with E-state index in [1.807, 2.05) is 30.3 Å². The van der Waals surface area contributed by atoms with Crippen molar-refractivity contribution in [2.75, 3.05) is 14.2 Å². The van der Waals surface area contributed by atoms with E-state index < -0.39 is 12.1 Å². The smallest absolute Gasteiger partial charge is 0.331 e. The molecule has 0 radical (unpaired) electrons. The van der Waals surface area contributed by atoms with Gasteiger partial charge < -0.3 is 18.6 Å². The standard InChI is InChI=1S/C21H20N2O5/c1-14(20-22-23-21(28-20)15-7-5-4-6-8-15)27-19(24)12-9-16-13-17(25-2)10-11-18(16)26-3/h4-14H,1-3H3/b12-9+. The molecule has 0 saturated heterocycles. The average Bonchev–Trinajstić information content (AvgIpc) is 3.23. The van der Waals surface area contributed by atoms with Crippen LogP contribution in [0.3, 0.4) is 0 Å². The fraction of sp³-hybridized carbons (Fsp3) is 0.190. The van der Waals surface area contributed by atoms with E-state index in [9.17, 15) is 4.79 Å². The van der Waals surface area contributed by atoms with Crippen LogP contribution in [0.2, 0.25) is 0 Å². The van der Waals surface area contributed by atoms with Gasteiger partial charge >= 0.3 is 5.97 Å². The lowest BCUT2D eigenvalue weighted by molar-refractivity contribution is -0.143. The highest BCUT2D eigenvalue weighted by atomic mass is 16.6. The van der Waals surface area contributed by atoms with Crippen LogP contribution in [-0.4, -0.2) is 30.4 Å². The highest BCUT2D eigenvalue weighted by Crippen LogP contribution is 2.26. The van der Waals surface area contributed by atoms with Crippen LogP contribution in [0.1, 0.15) is 24.5 Å². The fourth-order valence-corrected chi connectivity index (χ4v) is 2.49. The van der Waals surface area contributed by atoms with Gasteiger partial charge in [0.25, 0.3) is 5.89 Å². The lowest BCUT2D eigenvalue weighted by Crippen LogP contribution is -2.06. The van der Waals surface area contributed by atoms with Crippen LogP contribution in [-0.2, 0) is 9.53 Å². The van der Waals surface area contributed by atoms with Gasteiger partial charge in [0.2, 0.25) is 5.89 Å². The van der Waals surface area contributed by atoms with Gasteiger partial charge in [-0.1, -0.05) is 18.2 Å². The summed E-state index contributed by atoms with van der Waals surface area (Å²) < 4.78 is 21.4. The zero-order chi connectivity index (χ0) is 19.9. The average molecular weight is 380 g/mol. The molecule has 28 heavy (non-hydrogen) atoms. The molecule has 0 aliphatic rings. The Labute approximate surface area is 162 Å². The number of rotatable bonds is 7. The molecule has 1 atom stereocenters. The predicted molar refractivity (Wildman–Crippen MR) is 103 cm³/mol. The molecule has 1 heterocycles. The Morgan fingerprint density at radius 3 is 2.57 bits per heavy atom. The SMILES string of the molecule is COc1ccc(OC)c(/C=C/C(=O)OC(C)c2nnc(-c3ccccc3)o2)c1. The quantitative estimate of drug-likeness (QED) is 0.451. The molecule has 1 aromatic heterocycles. The van der Waals surface area contributed by atoms with Crippen LogP contribution in [0.25, 0.3) is 17.5 Å². The van der Waals surface area contributed by atoms with Crippen molar-refractivity contribution < 1.29 is 23.4 Å². The van der Waals surface area contributed by atoms with E-state index in [2.05, 4.69) is 10.2 Å². The molecule has 2 aromatic carbocycles. The molecule has 7 nitrogen and oxygen atoms in total. The number of hydrogen-bond donors (Lipinski definition) is 0. The minimum absolute atomic E-state index is 0.222. The van der Waals surface area contributed by atoms with Crippen LogP contribution >= 0.6 is 0 Å². The maximum absolute atomic E-state index is 12.2. The van der Waals surface area contributed by atoms with Crippen molar-refractivity contribution in [2.24, 2.45) is 0 Å². The van der Waals surface area contributed by atoms with E-state index in [4.69, 9.17) is 18.6 Å². The van der Waals surface area contributed by atoms with Crippen LogP contribution in [0.5, 0.6) is 11.5 Å². The van der Waals surface area contributed by atoms with Crippen molar-refractivity contribution in [3.05, 3.63) is 66.1 Å². The van der Waals surface area contributed by atoms with E-state index in [1.165, 1.54) is 6.08 Å². The maximum atomic E-state index is 12.2. The number of aromatic nitrogens is 2. The molecular weight excluding hydrogens is 360 g/mol. The summed E-state index contributed by atoms with van der Waals surface area (Å²) in [5.74, 6) is 1.32. The molecule has 0 amide bonds. The second-order valence-corrected chi connectivity index (χ2v) is 5.83. The summed E-state index contributed by atoms with van der Waals surface area (Å²) >= 11 is 0. The lowest BCUT2D eigenvalue weighted by Gasteiger charge is -2.08. The molecule has 0 aliphatic carbocycles. The Hall–Kier alpha value is -3.61. The lowest BCUT2D eigenvalue weighted by atomic mass is 10.1. The first-order valence-electron chi connectivity index (χ1n) is 8.60. The number of esters is 1. The van der Waals surface area contributed by atoms with Crippen LogP contribution < -0.4 is 9.47 Å². The Morgan fingerprint density at radius 1 is 1.07 bits per heavy atom. The van der Waals surface area contributed by atoms with Crippen molar-refractivity contribution in [2.45, 2.75) is 13.0 Å². The summed E-state index contributed by atoms with van der Waals surface area (Å²) in [5.41, 5.74) is 1.49. The van der Waals surface area contributed by atoms with E-state index in [-0.39, 0.29) is 5.89 Å². The highest BCUT2D eigenvalue weighted by molar-refractivity contribution is 5.87. The van der Waals surface area contributed by atoms with Gasteiger partial charge in [-0.05, 0) is 43.3 Å². The topological polar surface area (TPSA) is 83.7 Å². The molecular formula is C21H20N2O5. The highest BCUT2D eigenvalue weighted by Gasteiger charge is 2.18. The largest absolute Gasteiger partial charge is 0.497 e. The molecule has 0 N–H and O–H groups in total. The molecule has 0 saturated carbocycles. The van der Waals surface area contributed by atoms with E-state index in [1.54, 1.807) is 45.4 Å². The van der Waals surface area contributed by atoms with Crippen LogP contribution in [0.15, 0.2) is 59.0 Å². The van der Waals surface area contributed by atoms with Crippen molar-refractivity contribution in [3.8, 4) is 23.0 Å². The molecule has 0 fully saturated rings. The minimum atomic E-state index is -0.686. The van der Waals surface area contributed by atoms with Gasteiger partial charge in [-0.25, -0.2) is 4.79 Å². The number of nitrogens with zero attached hydrogens (tertiary/aromatic N) is 2. The van der Waals surface area contributed by atoms with Crippen molar-refractivity contribution in [1.82, 2.24) is 10.2 Å². The third-order valence-corrected chi connectivity index (χ3v) is 3.94. The van der Waals surface area contributed by atoms with Gasteiger partial charge in [0.05, 0.1) is 14.2 Å². The van der Waals surface area contributed by atoms with Gasteiger partial charge in [0, 0.05) is 17.2 Å². The summed E-state index contributed by atoms with van der Waals surface area (Å²) in [6, 6.07) is 14.7. The minimum Gasteiger partial charge on any atom is -0.497 e. The Bertz CT molecular complexity index is 966. The molecule has 1 unspecified atom stereocenters. The first kappa shape index (κ1) is 19.2. The number of hydrogen-bond acceptors (Lipinski definition) is 7. The third kappa shape index (κ3) is 4.56. The van der Waals surface area contributed by atoms with Crippen LogP contribution in [0, 0.1) is 0 Å².